The van der Waals surface area contributed by atoms with Gasteiger partial charge in [-0.15, -0.1) is 12.4 Å². The van der Waals surface area contributed by atoms with Gasteiger partial charge in [0.2, 0.25) is 0 Å². The molecule has 0 unspecified atom stereocenters. The van der Waals surface area contributed by atoms with Crippen molar-refractivity contribution in [2.45, 2.75) is 6.92 Å². The second kappa shape index (κ2) is 6.12. The van der Waals surface area contributed by atoms with Crippen molar-refractivity contribution < 1.29 is 4.74 Å². The van der Waals surface area contributed by atoms with Gasteiger partial charge in [0.05, 0.1) is 12.1 Å². The third-order valence-corrected chi connectivity index (χ3v) is 2.45. The first-order valence-electron chi connectivity index (χ1n) is 5.21. The summed E-state index contributed by atoms with van der Waals surface area (Å²) in [7, 11) is 0. The molecule has 1 aliphatic heterocycles. The van der Waals surface area contributed by atoms with E-state index >= 15 is 0 Å². The highest BCUT2D eigenvalue weighted by atomic mass is 35.5. The normalized spacial score (nSPS) is 13.1. The number of ether oxygens (including phenoxy) is 1. The van der Waals surface area contributed by atoms with Crippen LogP contribution in [0.2, 0.25) is 0 Å². The zero-order chi connectivity index (χ0) is 11.4. The molecule has 0 atom stereocenters. The average molecular weight is 252 g/mol. The molecule has 2 rings (SSSR count). The molecule has 4 nitrogen and oxygen atoms in total. The molecule has 0 spiro atoms. The van der Waals surface area contributed by atoms with Gasteiger partial charge in [-0.2, -0.15) is 5.26 Å². The van der Waals surface area contributed by atoms with E-state index in [-0.39, 0.29) is 12.4 Å². The molecule has 0 saturated heterocycles. The van der Waals surface area contributed by atoms with E-state index in [0.29, 0.717) is 17.9 Å². The van der Waals surface area contributed by atoms with Gasteiger partial charge in [-0.25, -0.2) is 0 Å². The molecule has 0 radical (unpaired) electrons. The van der Waals surface area contributed by atoms with Gasteiger partial charge in [0.25, 0.3) is 0 Å². The van der Waals surface area contributed by atoms with Crippen molar-refractivity contribution in [1.82, 2.24) is 5.32 Å². The lowest BCUT2D eigenvalue weighted by molar-refractivity contribution is 0.372. The summed E-state index contributed by atoms with van der Waals surface area (Å²) >= 11 is 0. The maximum atomic E-state index is 9.02. The minimum absolute atomic E-state index is 0. The molecule has 90 valence electrons. The highest BCUT2D eigenvalue weighted by molar-refractivity contribution is 5.85. The van der Waals surface area contributed by atoms with E-state index in [9.17, 15) is 0 Å². The van der Waals surface area contributed by atoms with Gasteiger partial charge in [-0.3, -0.25) is 4.99 Å². The maximum absolute atomic E-state index is 9.02. The first kappa shape index (κ1) is 13.3. The molecule has 0 aliphatic carbocycles. The Bertz CT molecular complexity index is 465. The molecule has 0 aromatic heterocycles. The van der Waals surface area contributed by atoms with Gasteiger partial charge in [-0.1, -0.05) is 12.1 Å². The zero-order valence-electron chi connectivity index (χ0n) is 9.56. The predicted octanol–water partition coefficient (Wildman–Crippen LogP) is 1.67. The van der Waals surface area contributed by atoms with Gasteiger partial charge < -0.3 is 10.1 Å². The molecule has 1 heterocycles. The van der Waals surface area contributed by atoms with E-state index in [4.69, 9.17) is 10.00 Å². The Morgan fingerprint density at radius 1 is 1.53 bits per heavy atom. The summed E-state index contributed by atoms with van der Waals surface area (Å²) in [5.41, 5.74) is 1.53. The van der Waals surface area contributed by atoms with Gasteiger partial charge in [0, 0.05) is 6.54 Å². The lowest BCUT2D eigenvalue weighted by atomic mass is 10.1. The summed E-state index contributed by atoms with van der Waals surface area (Å²) in [6.45, 7) is 3.98. The zero-order valence-corrected chi connectivity index (χ0v) is 10.4. The predicted molar refractivity (Wildman–Crippen MR) is 68.9 cm³/mol. The van der Waals surface area contributed by atoms with Gasteiger partial charge in [0.1, 0.15) is 24.3 Å². The van der Waals surface area contributed by atoms with Crippen molar-refractivity contribution in [3.8, 4) is 11.8 Å². The lowest BCUT2D eigenvalue weighted by Crippen LogP contribution is -2.25. The van der Waals surface area contributed by atoms with Crippen molar-refractivity contribution in [1.29, 1.82) is 5.26 Å². The smallest absolute Gasteiger partial charge is 0.145 e. The molecule has 1 aromatic rings. The number of nitrogens with one attached hydrogen (secondary N) is 1. The summed E-state index contributed by atoms with van der Waals surface area (Å²) in [5.74, 6) is 1.48. The number of aliphatic imine (C=N–C) groups is 1. The number of nitrogens with zero attached hydrogens (tertiary/aromatic N) is 2. The summed E-state index contributed by atoms with van der Waals surface area (Å²) in [6, 6.07) is 7.74. The number of aryl methyl sites for hydroxylation is 1. The standard InChI is InChI=1S/C12H13N3O.ClH/c1-9-3-2-4-11(10(9)7-13)16-8-12-14-5-6-15-12;/h2-4H,5-6,8H2,1H3,(H,14,15);1H. The summed E-state index contributed by atoms with van der Waals surface area (Å²) < 4.78 is 5.58. The molecule has 1 aromatic carbocycles. The molecule has 1 aliphatic rings. The van der Waals surface area contributed by atoms with Crippen LogP contribution in [0.3, 0.4) is 0 Å². The van der Waals surface area contributed by atoms with E-state index in [1.54, 1.807) is 6.07 Å². The highest BCUT2D eigenvalue weighted by Gasteiger charge is 2.09. The molecule has 0 amide bonds. The van der Waals surface area contributed by atoms with E-state index in [2.05, 4.69) is 16.4 Å². The molecule has 17 heavy (non-hydrogen) atoms. The molecule has 0 bridgehead atoms. The van der Waals surface area contributed by atoms with Crippen molar-refractivity contribution >= 4 is 18.2 Å². The third-order valence-electron chi connectivity index (χ3n) is 2.45. The Morgan fingerprint density at radius 2 is 2.35 bits per heavy atom. The average Bonchev–Trinajstić information content (AvgIpc) is 2.79. The fourth-order valence-corrected chi connectivity index (χ4v) is 1.59. The topological polar surface area (TPSA) is 57.4 Å². The van der Waals surface area contributed by atoms with Crippen LogP contribution >= 0.6 is 12.4 Å². The Hall–Kier alpha value is -1.73. The second-order valence-electron chi connectivity index (χ2n) is 3.60. The van der Waals surface area contributed by atoms with E-state index in [1.807, 2.05) is 19.1 Å². The Balaban J connectivity index is 0.00000144. The monoisotopic (exact) mass is 251 g/mol. The van der Waals surface area contributed by atoms with E-state index < -0.39 is 0 Å². The number of rotatable bonds is 3. The minimum atomic E-state index is 0. The molecular formula is C12H14ClN3O. The van der Waals surface area contributed by atoms with Crippen LogP contribution in [0.25, 0.3) is 0 Å². The number of hydrogen-bond donors (Lipinski definition) is 1. The van der Waals surface area contributed by atoms with Crippen molar-refractivity contribution in [3.63, 3.8) is 0 Å². The second-order valence-corrected chi connectivity index (χ2v) is 3.60. The first-order valence-corrected chi connectivity index (χ1v) is 5.21. The van der Waals surface area contributed by atoms with Gasteiger partial charge >= 0.3 is 0 Å². The lowest BCUT2D eigenvalue weighted by Gasteiger charge is -2.09. The Labute approximate surface area is 107 Å². The fourth-order valence-electron chi connectivity index (χ4n) is 1.59. The molecule has 1 N–H and O–H groups in total. The number of amidine groups is 1. The first-order chi connectivity index (χ1) is 7.81. The van der Waals surface area contributed by atoms with E-state index in [0.717, 1.165) is 24.5 Å². The van der Waals surface area contributed by atoms with Crippen LogP contribution in [0.15, 0.2) is 23.2 Å². The molecule has 0 saturated carbocycles. The highest BCUT2D eigenvalue weighted by Crippen LogP contribution is 2.20. The Kier molecular flexibility index (Phi) is 4.80. The van der Waals surface area contributed by atoms with Crippen molar-refractivity contribution in [2.24, 2.45) is 4.99 Å². The molecule has 5 heteroatoms. The Morgan fingerprint density at radius 3 is 3.00 bits per heavy atom. The van der Waals surface area contributed by atoms with Crippen LogP contribution in [0, 0.1) is 18.3 Å². The van der Waals surface area contributed by atoms with Crippen LogP contribution in [0.5, 0.6) is 5.75 Å². The van der Waals surface area contributed by atoms with Crippen LogP contribution in [-0.4, -0.2) is 25.5 Å². The summed E-state index contributed by atoms with van der Waals surface area (Å²) in [6.07, 6.45) is 0. The van der Waals surface area contributed by atoms with Gasteiger partial charge in [0.15, 0.2) is 0 Å². The number of hydrogen-bond acceptors (Lipinski definition) is 4. The summed E-state index contributed by atoms with van der Waals surface area (Å²) in [5, 5.41) is 12.1. The fraction of sp³-hybridized carbons (Fsp3) is 0.333. The summed E-state index contributed by atoms with van der Waals surface area (Å²) in [4.78, 5) is 4.23. The van der Waals surface area contributed by atoms with Crippen LogP contribution in [0.4, 0.5) is 0 Å². The van der Waals surface area contributed by atoms with Crippen molar-refractivity contribution in [3.05, 3.63) is 29.3 Å². The molecule has 0 fully saturated rings. The number of halogens is 1. The van der Waals surface area contributed by atoms with Crippen LogP contribution < -0.4 is 10.1 Å². The SMILES string of the molecule is Cc1cccc(OCC2=NCCN2)c1C#N.Cl. The van der Waals surface area contributed by atoms with Gasteiger partial charge in [-0.05, 0) is 18.6 Å². The van der Waals surface area contributed by atoms with E-state index in [1.165, 1.54) is 0 Å². The maximum Gasteiger partial charge on any atom is 0.145 e. The minimum Gasteiger partial charge on any atom is -0.484 e. The quantitative estimate of drug-likeness (QED) is 0.889. The van der Waals surface area contributed by atoms with Crippen LogP contribution in [0.1, 0.15) is 11.1 Å². The number of benzene rings is 1. The number of nitriles is 1. The third kappa shape index (κ3) is 3.11. The van der Waals surface area contributed by atoms with Crippen LogP contribution in [-0.2, 0) is 0 Å². The largest absolute Gasteiger partial charge is 0.484 e. The molecular weight excluding hydrogens is 238 g/mol. The van der Waals surface area contributed by atoms with Crippen molar-refractivity contribution in [2.75, 3.05) is 19.7 Å².